The molecular weight excluding hydrogens is 421 g/mol. The van der Waals surface area contributed by atoms with Crippen molar-refractivity contribution in [2.45, 2.75) is 13.0 Å². The van der Waals surface area contributed by atoms with E-state index in [1.165, 1.54) is 47.9 Å². The zero-order valence-corrected chi connectivity index (χ0v) is 17.4. The number of carbonyl (C=O) groups excluding carboxylic acids is 1. The summed E-state index contributed by atoms with van der Waals surface area (Å²) in [5.41, 5.74) is 13.3. The van der Waals surface area contributed by atoms with Gasteiger partial charge in [-0.1, -0.05) is 17.4 Å². The van der Waals surface area contributed by atoms with Gasteiger partial charge in [-0.05, 0) is 48.9 Å². The summed E-state index contributed by atoms with van der Waals surface area (Å²) >= 11 is 1.24. The highest BCUT2D eigenvalue weighted by atomic mass is 32.1. The lowest BCUT2D eigenvalue weighted by Gasteiger charge is -2.12. The van der Waals surface area contributed by atoms with E-state index in [0.29, 0.717) is 34.3 Å². The Kier molecular flexibility index (Phi) is 7.06. The molecule has 1 unspecified atom stereocenters. The van der Waals surface area contributed by atoms with Crippen molar-refractivity contribution in [3.05, 3.63) is 77.6 Å². The fraction of sp³-hybridized carbons (Fsp3) is 0.143. The number of hydrogen-bond donors (Lipinski definition) is 5. The first-order chi connectivity index (χ1) is 14.9. The van der Waals surface area contributed by atoms with Crippen molar-refractivity contribution in [3.63, 3.8) is 0 Å². The summed E-state index contributed by atoms with van der Waals surface area (Å²) in [6.45, 7) is 2.23. The van der Waals surface area contributed by atoms with Gasteiger partial charge >= 0.3 is 6.03 Å². The van der Waals surface area contributed by atoms with E-state index in [4.69, 9.17) is 16.2 Å². The number of ether oxygens (including phenoxy) is 1. The fourth-order valence-corrected chi connectivity index (χ4v) is 3.61. The Morgan fingerprint density at radius 3 is 2.71 bits per heavy atom. The Morgan fingerprint density at radius 1 is 1.29 bits per heavy atom. The molecule has 0 aliphatic rings. The molecule has 3 rings (SSSR count). The number of rotatable bonds is 7. The zero-order valence-electron chi connectivity index (χ0n) is 16.6. The van der Waals surface area contributed by atoms with Gasteiger partial charge in [-0.25, -0.2) is 14.2 Å². The van der Waals surface area contributed by atoms with Crippen LogP contribution in [-0.2, 0) is 4.74 Å². The molecule has 0 spiro atoms. The van der Waals surface area contributed by atoms with Gasteiger partial charge in [0.05, 0.1) is 16.8 Å². The van der Waals surface area contributed by atoms with Crippen molar-refractivity contribution >= 4 is 38.4 Å². The Bertz CT molecular complexity index is 1130. The first kappa shape index (κ1) is 22.1. The third kappa shape index (κ3) is 5.71. The quantitative estimate of drug-likeness (QED) is 0.278. The van der Waals surface area contributed by atoms with E-state index >= 15 is 0 Å². The van der Waals surface area contributed by atoms with Crippen molar-refractivity contribution < 1.29 is 19.0 Å². The van der Waals surface area contributed by atoms with E-state index in [9.17, 15) is 14.3 Å². The van der Waals surface area contributed by atoms with E-state index in [1.807, 2.05) is 6.92 Å². The van der Waals surface area contributed by atoms with Crippen LogP contribution in [0.4, 0.5) is 20.0 Å². The Balaban J connectivity index is 1.72. The summed E-state index contributed by atoms with van der Waals surface area (Å²) in [4.78, 5) is 16.5. The molecule has 2 amide bonds. The largest absolute Gasteiger partial charge is 0.492 e. The van der Waals surface area contributed by atoms with Crippen LogP contribution < -0.4 is 22.1 Å². The summed E-state index contributed by atoms with van der Waals surface area (Å²) in [6, 6.07) is 10.1. The van der Waals surface area contributed by atoms with Gasteiger partial charge in [-0.15, -0.1) is 0 Å². The molecule has 0 saturated heterocycles. The van der Waals surface area contributed by atoms with Crippen LogP contribution in [0.25, 0.3) is 10.2 Å². The lowest BCUT2D eigenvalue weighted by Crippen LogP contribution is -2.19. The second-order valence-corrected chi connectivity index (χ2v) is 7.41. The number of aliphatic hydroxyl groups excluding tert-OH is 1. The number of urea groups is 1. The number of anilines is 2. The molecule has 1 atom stereocenters. The lowest BCUT2D eigenvalue weighted by atomic mass is 10.1. The number of carbonyl (C=O) groups is 1. The summed E-state index contributed by atoms with van der Waals surface area (Å²) < 4.78 is 19.0. The fourth-order valence-electron chi connectivity index (χ4n) is 2.70. The molecule has 0 aliphatic carbocycles. The predicted molar refractivity (Wildman–Crippen MR) is 120 cm³/mol. The highest BCUT2D eigenvalue weighted by Gasteiger charge is 2.14. The maximum Gasteiger partial charge on any atom is 0.325 e. The second-order valence-electron chi connectivity index (χ2n) is 6.38. The number of allylic oxidation sites excluding steroid dienone is 1. The van der Waals surface area contributed by atoms with Gasteiger partial charge in [0.25, 0.3) is 0 Å². The molecule has 0 radical (unpaired) electrons. The van der Waals surface area contributed by atoms with Crippen molar-refractivity contribution in [2.24, 2.45) is 11.5 Å². The maximum absolute atomic E-state index is 13.0. The molecule has 2 aromatic carbocycles. The molecule has 0 saturated carbocycles. The third-order valence-electron chi connectivity index (χ3n) is 4.15. The molecule has 0 aliphatic heterocycles. The average molecular weight is 444 g/mol. The number of nitrogens with one attached hydrogen (secondary N) is 2. The number of nitrogens with zero attached hydrogens (tertiary/aromatic N) is 1. The van der Waals surface area contributed by atoms with Gasteiger partial charge < -0.3 is 26.6 Å². The van der Waals surface area contributed by atoms with Gasteiger partial charge in [0, 0.05) is 23.7 Å². The molecular formula is C21H22FN5O3S. The average Bonchev–Trinajstić information content (AvgIpc) is 3.15. The first-order valence-corrected chi connectivity index (χ1v) is 10.1. The Hall–Kier alpha value is -3.63. The minimum atomic E-state index is -1.07. The van der Waals surface area contributed by atoms with E-state index in [-0.39, 0.29) is 5.70 Å². The lowest BCUT2D eigenvalue weighted by molar-refractivity contribution is 0.209. The normalized spacial score (nSPS) is 13.1. The van der Waals surface area contributed by atoms with Crippen molar-refractivity contribution in [2.75, 3.05) is 17.2 Å². The number of fused-ring (bicyclic) bond motifs is 1. The standard InChI is InChI=1S/C21H22FN5O3S/c1-2-30-15(11-23)10-16(24)19(28)12-3-8-17-18(9-12)31-21(26-17)27-20(29)25-14-6-4-13(22)5-7-14/h3-11,19,28H,2,23-24H2,1H3,(H2,25,26,27,29)/b15-11+,16-10-. The molecule has 0 fully saturated rings. The van der Waals surface area contributed by atoms with Crippen molar-refractivity contribution in [3.8, 4) is 0 Å². The number of aromatic nitrogens is 1. The maximum atomic E-state index is 13.0. The van der Waals surface area contributed by atoms with Crippen LogP contribution in [0.15, 0.2) is 66.2 Å². The van der Waals surface area contributed by atoms with Crippen LogP contribution in [0.1, 0.15) is 18.6 Å². The van der Waals surface area contributed by atoms with Crippen LogP contribution in [-0.4, -0.2) is 22.7 Å². The topological polar surface area (TPSA) is 136 Å². The number of hydrogen-bond acceptors (Lipinski definition) is 7. The van der Waals surface area contributed by atoms with E-state index in [0.717, 1.165) is 4.70 Å². The molecule has 3 aromatic rings. The van der Waals surface area contributed by atoms with Gasteiger partial charge in [-0.2, -0.15) is 0 Å². The van der Waals surface area contributed by atoms with Gasteiger partial charge in [0.1, 0.15) is 17.7 Å². The number of halogens is 1. The summed E-state index contributed by atoms with van der Waals surface area (Å²) in [6.07, 6.45) is 1.67. The van der Waals surface area contributed by atoms with Crippen molar-refractivity contribution in [1.82, 2.24) is 4.98 Å². The molecule has 1 aromatic heterocycles. The van der Waals surface area contributed by atoms with Crippen LogP contribution in [0.3, 0.4) is 0 Å². The predicted octanol–water partition coefficient (Wildman–Crippen LogP) is 3.79. The van der Waals surface area contributed by atoms with Crippen molar-refractivity contribution in [1.29, 1.82) is 0 Å². The number of aliphatic hydroxyl groups is 1. The summed E-state index contributed by atoms with van der Waals surface area (Å²) in [5, 5.41) is 16.2. The van der Waals surface area contributed by atoms with Gasteiger partial charge in [-0.3, -0.25) is 5.32 Å². The molecule has 10 heteroatoms. The van der Waals surface area contributed by atoms with E-state index in [1.54, 1.807) is 18.2 Å². The number of nitrogens with two attached hydrogens (primary N) is 2. The molecule has 1 heterocycles. The number of amides is 2. The van der Waals surface area contributed by atoms with E-state index in [2.05, 4.69) is 15.6 Å². The SMILES string of the molecule is CCOC(/C=C(\N)C(O)c1ccc2nc(NC(=O)Nc3ccc(F)cc3)sc2c1)=C/N. The minimum Gasteiger partial charge on any atom is -0.492 e. The molecule has 0 bridgehead atoms. The highest BCUT2D eigenvalue weighted by Crippen LogP contribution is 2.30. The Labute approximate surface area is 182 Å². The Morgan fingerprint density at radius 2 is 2.03 bits per heavy atom. The van der Waals surface area contributed by atoms with E-state index < -0.39 is 18.0 Å². The van der Waals surface area contributed by atoms with Gasteiger partial charge in [0.2, 0.25) is 0 Å². The smallest absolute Gasteiger partial charge is 0.325 e. The van der Waals surface area contributed by atoms with Crippen LogP contribution >= 0.6 is 11.3 Å². The van der Waals surface area contributed by atoms with Crippen LogP contribution in [0.5, 0.6) is 0 Å². The van der Waals surface area contributed by atoms with Gasteiger partial charge in [0.15, 0.2) is 5.13 Å². The minimum absolute atomic E-state index is 0.172. The van der Waals surface area contributed by atoms with Crippen LogP contribution in [0.2, 0.25) is 0 Å². The molecule has 31 heavy (non-hydrogen) atoms. The molecule has 162 valence electrons. The summed E-state index contributed by atoms with van der Waals surface area (Å²) in [7, 11) is 0. The first-order valence-electron chi connectivity index (χ1n) is 9.33. The number of benzene rings is 2. The zero-order chi connectivity index (χ0) is 22.4. The summed E-state index contributed by atoms with van der Waals surface area (Å²) in [5.74, 6) is -0.0321. The number of thiazole rings is 1. The second kappa shape index (κ2) is 9.92. The van der Waals surface area contributed by atoms with Crippen LogP contribution in [0, 0.1) is 5.82 Å². The molecule has 8 nitrogen and oxygen atoms in total. The monoisotopic (exact) mass is 443 g/mol. The third-order valence-corrected chi connectivity index (χ3v) is 5.08. The molecule has 7 N–H and O–H groups in total. The highest BCUT2D eigenvalue weighted by molar-refractivity contribution is 7.22.